The van der Waals surface area contributed by atoms with Crippen LogP contribution in [0.3, 0.4) is 0 Å². The summed E-state index contributed by atoms with van der Waals surface area (Å²) >= 11 is 0. The van der Waals surface area contributed by atoms with Crippen molar-refractivity contribution in [3.63, 3.8) is 0 Å². The molecule has 96 valence electrons. The number of anilines is 1. The molecule has 0 bridgehead atoms. The van der Waals surface area contributed by atoms with Gasteiger partial charge in [-0.2, -0.15) is 0 Å². The Morgan fingerprint density at radius 3 is 2.18 bits per heavy atom. The van der Waals surface area contributed by atoms with Crippen molar-refractivity contribution in [2.75, 3.05) is 18.5 Å². The number of aliphatic hydroxyl groups excluding tert-OH is 1. The molecule has 0 heterocycles. The molecule has 0 aliphatic rings. The lowest BCUT2D eigenvalue weighted by Gasteiger charge is -2.27. The van der Waals surface area contributed by atoms with Crippen molar-refractivity contribution in [3.8, 4) is 0 Å². The van der Waals surface area contributed by atoms with Crippen LogP contribution >= 0.6 is 0 Å². The summed E-state index contributed by atoms with van der Waals surface area (Å²) in [5.74, 6) is 0. The molecule has 1 aromatic carbocycles. The fourth-order valence-corrected chi connectivity index (χ4v) is 1.86. The third-order valence-corrected chi connectivity index (χ3v) is 2.73. The molecule has 0 radical (unpaired) electrons. The molecule has 1 atom stereocenters. The Morgan fingerprint density at radius 1 is 1.24 bits per heavy atom. The van der Waals surface area contributed by atoms with Gasteiger partial charge in [-0.25, -0.2) is 0 Å². The van der Waals surface area contributed by atoms with E-state index in [1.807, 2.05) is 43.1 Å². The molecule has 0 fully saturated rings. The van der Waals surface area contributed by atoms with Gasteiger partial charge >= 0.3 is 0 Å². The summed E-state index contributed by atoms with van der Waals surface area (Å²) in [6.45, 7) is 6.11. The van der Waals surface area contributed by atoms with E-state index in [9.17, 15) is 10.2 Å². The number of likely N-dealkylation sites (N-methyl/N-ethyl adjacent to an activating group) is 1. The molecule has 2 N–H and O–H groups in total. The molecular formula is C14H23NO2. The SMILES string of the molecule is CC[C@@H](O)c1ccc(N(C)CC(C)(C)O)cc1. The Kier molecular flexibility index (Phi) is 4.54. The molecule has 17 heavy (non-hydrogen) atoms. The molecule has 0 unspecified atom stereocenters. The predicted molar refractivity (Wildman–Crippen MR) is 71.3 cm³/mol. The first-order valence-corrected chi connectivity index (χ1v) is 6.05. The van der Waals surface area contributed by atoms with Crippen LogP contribution in [0.25, 0.3) is 0 Å². The normalized spacial score (nSPS) is 13.5. The summed E-state index contributed by atoms with van der Waals surface area (Å²) in [7, 11) is 1.95. The first kappa shape index (κ1) is 14.0. The zero-order valence-electron chi connectivity index (χ0n) is 11.1. The van der Waals surface area contributed by atoms with Crippen molar-refractivity contribution >= 4 is 5.69 Å². The molecule has 1 rings (SSSR count). The van der Waals surface area contributed by atoms with E-state index in [-0.39, 0.29) is 6.10 Å². The van der Waals surface area contributed by atoms with Crippen LogP contribution in [0.15, 0.2) is 24.3 Å². The van der Waals surface area contributed by atoms with Gasteiger partial charge in [-0.3, -0.25) is 0 Å². The van der Waals surface area contributed by atoms with E-state index < -0.39 is 5.60 Å². The second-order valence-corrected chi connectivity index (χ2v) is 5.18. The van der Waals surface area contributed by atoms with Gasteiger partial charge in [0, 0.05) is 19.3 Å². The standard InChI is InChI=1S/C14H23NO2/c1-5-13(16)11-6-8-12(9-7-11)15(4)10-14(2,3)17/h6-9,13,16-17H,5,10H2,1-4H3/t13-/m1/s1. The highest BCUT2D eigenvalue weighted by Gasteiger charge is 2.16. The van der Waals surface area contributed by atoms with Crippen LogP contribution in [-0.4, -0.2) is 29.4 Å². The summed E-state index contributed by atoms with van der Waals surface area (Å²) in [5.41, 5.74) is 1.27. The smallest absolute Gasteiger partial charge is 0.0787 e. The van der Waals surface area contributed by atoms with Gasteiger partial charge < -0.3 is 15.1 Å². The quantitative estimate of drug-likeness (QED) is 0.826. The number of hydrogen-bond acceptors (Lipinski definition) is 3. The molecule has 3 heteroatoms. The molecule has 0 amide bonds. The van der Waals surface area contributed by atoms with E-state index >= 15 is 0 Å². The Labute approximate surface area is 104 Å². The minimum absolute atomic E-state index is 0.386. The van der Waals surface area contributed by atoms with Gasteiger partial charge in [-0.05, 0) is 38.0 Å². The van der Waals surface area contributed by atoms with Crippen LogP contribution in [0.5, 0.6) is 0 Å². The van der Waals surface area contributed by atoms with E-state index in [0.29, 0.717) is 6.54 Å². The highest BCUT2D eigenvalue weighted by molar-refractivity contribution is 5.47. The van der Waals surface area contributed by atoms with Crippen molar-refractivity contribution in [2.24, 2.45) is 0 Å². The lowest BCUT2D eigenvalue weighted by Crippen LogP contribution is -2.36. The highest BCUT2D eigenvalue weighted by Crippen LogP contribution is 2.21. The summed E-state index contributed by atoms with van der Waals surface area (Å²) in [6.07, 6.45) is 0.336. The molecule has 0 saturated carbocycles. The summed E-state index contributed by atoms with van der Waals surface area (Å²) in [4.78, 5) is 2.00. The third-order valence-electron chi connectivity index (χ3n) is 2.73. The number of benzene rings is 1. The number of rotatable bonds is 5. The number of nitrogens with zero attached hydrogens (tertiary/aromatic N) is 1. The van der Waals surface area contributed by atoms with Gasteiger partial charge in [0.2, 0.25) is 0 Å². The van der Waals surface area contributed by atoms with Crippen LogP contribution in [0.1, 0.15) is 38.9 Å². The Morgan fingerprint density at radius 2 is 1.76 bits per heavy atom. The zero-order chi connectivity index (χ0) is 13.1. The van der Waals surface area contributed by atoms with Crippen molar-refractivity contribution in [2.45, 2.75) is 38.9 Å². The van der Waals surface area contributed by atoms with Crippen molar-refractivity contribution < 1.29 is 10.2 Å². The van der Waals surface area contributed by atoms with Gasteiger partial charge in [0.15, 0.2) is 0 Å². The largest absolute Gasteiger partial charge is 0.389 e. The highest BCUT2D eigenvalue weighted by atomic mass is 16.3. The maximum absolute atomic E-state index is 9.75. The summed E-state index contributed by atoms with van der Waals surface area (Å²) in [5, 5.41) is 19.4. The summed E-state index contributed by atoms with van der Waals surface area (Å²) < 4.78 is 0. The molecule has 1 aromatic rings. The van der Waals surface area contributed by atoms with Crippen molar-refractivity contribution in [1.82, 2.24) is 0 Å². The average Bonchev–Trinajstić information content (AvgIpc) is 2.26. The second-order valence-electron chi connectivity index (χ2n) is 5.18. The van der Waals surface area contributed by atoms with E-state index in [4.69, 9.17) is 0 Å². The van der Waals surface area contributed by atoms with E-state index in [2.05, 4.69) is 0 Å². The zero-order valence-corrected chi connectivity index (χ0v) is 11.1. The second kappa shape index (κ2) is 5.52. The summed E-state index contributed by atoms with van der Waals surface area (Å²) in [6, 6.07) is 7.81. The van der Waals surface area contributed by atoms with E-state index in [1.54, 1.807) is 13.8 Å². The topological polar surface area (TPSA) is 43.7 Å². The van der Waals surface area contributed by atoms with Crippen molar-refractivity contribution in [3.05, 3.63) is 29.8 Å². The minimum atomic E-state index is -0.712. The average molecular weight is 237 g/mol. The molecule has 0 aliphatic heterocycles. The fourth-order valence-electron chi connectivity index (χ4n) is 1.86. The van der Waals surface area contributed by atoms with Gasteiger partial charge in [-0.15, -0.1) is 0 Å². The molecular weight excluding hydrogens is 214 g/mol. The van der Waals surface area contributed by atoms with Crippen LogP contribution in [0.2, 0.25) is 0 Å². The first-order valence-electron chi connectivity index (χ1n) is 6.05. The van der Waals surface area contributed by atoms with Gasteiger partial charge in [-0.1, -0.05) is 19.1 Å². The van der Waals surface area contributed by atoms with Gasteiger partial charge in [0.1, 0.15) is 0 Å². The van der Waals surface area contributed by atoms with Crippen LogP contribution in [0.4, 0.5) is 5.69 Å². The third kappa shape index (κ3) is 4.36. The lowest BCUT2D eigenvalue weighted by molar-refractivity contribution is 0.0886. The molecule has 0 aliphatic carbocycles. The van der Waals surface area contributed by atoms with Gasteiger partial charge in [0.05, 0.1) is 11.7 Å². The molecule has 0 spiro atoms. The fraction of sp³-hybridized carbons (Fsp3) is 0.571. The van der Waals surface area contributed by atoms with Crippen LogP contribution in [0, 0.1) is 0 Å². The molecule has 3 nitrogen and oxygen atoms in total. The van der Waals surface area contributed by atoms with Crippen molar-refractivity contribution in [1.29, 1.82) is 0 Å². The lowest BCUT2D eigenvalue weighted by atomic mass is 10.1. The maximum Gasteiger partial charge on any atom is 0.0787 e. The molecule has 0 aromatic heterocycles. The Balaban J connectivity index is 2.74. The Bertz CT molecular complexity index is 340. The molecule has 0 saturated heterocycles. The first-order chi connectivity index (χ1) is 7.83. The maximum atomic E-state index is 9.75. The van der Waals surface area contributed by atoms with E-state index in [1.165, 1.54) is 0 Å². The number of aliphatic hydroxyl groups is 2. The Hall–Kier alpha value is -1.06. The van der Waals surface area contributed by atoms with Crippen LogP contribution in [-0.2, 0) is 0 Å². The monoisotopic (exact) mass is 237 g/mol. The minimum Gasteiger partial charge on any atom is -0.389 e. The predicted octanol–water partition coefficient (Wildman–Crippen LogP) is 2.34. The van der Waals surface area contributed by atoms with Crippen LogP contribution < -0.4 is 4.90 Å². The number of hydrogen-bond donors (Lipinski definition) is 2. The van der Waals surface area contributed by atoms with Gasteiger partial charge in [0.25, 0.3) is 0 Å². The van der Waals surface area contributed by atoms with E-state index in [0.717, 1.165) is 17.7 Å².